The number of ether oxygens (including phenoxy) is 1. The Morgan fingerprint density at radius 2 is 1.80 bits per heavy atom. The second-order valence-electron chi connectivity index (χ2n) is 12.5. The lowest BCUT2D eigenvalue weighted by Crippen LogP contribution is -2.49. The molecule has 0 saturated carbocycles. The van der Waals surface area contributed by atoms with Crippen LogP contribution in [0, 0.1) is 0 Å². The van der Waals surface area contributed by atoms with E-state index in [1.54, 1.807) is 12.0 Å². The topological polar surface area (TPSA) is 231 Å². The van der Waals surface area contributed by atoms with Gasteiger partial charge in [-0.05, 0) is 24.1 Å². The number of carbonyl (C=O) groups is 4. The van der Waals surface area contributed by atoms with Crippen molar-refractivity contribution in [1.82, 2.24) is 29.7 Å². The zero-order valence-electron chi connectivity index (χ0n) is 29.2. The number of nitrogens with zero attached hydrogens (tertiary/aromatic N) is 5. The predicted molar refractivity (Wildman–Crippen MR) is 196 cm³/mol. The number of piperazine rings is 1. The van der Waals surface area contributed by atoms with Crippen molar-refractivity contribution in [2.75, 3.05) is 63.2 Å². The van der Waals surface area contributed by atoms with Crippen molar-refractivity contribution in [1.29, 1.82) is 0 Å². The normalized spacial score (nSPS) is 14.6. The number of carboxylic acid groups (broad SMARTS) is 2. The van der Waals surface area contributed by atoms with Crippen molar-refractivity contribution in [3.63, 3.8) is 0 Å². The number of methoxy groups -OCH3 is 1. The lowest BCUT2D eigenvalue weighted by molar-refractivity contribution is -0.138. The van der Waals surface area contributed by atoms with E-state index < -0.39 is 35.6 Å². The summed E-state index contributed by atoms with van der Waals surface area (Å²) >= 11 is 0.871. The molecule has 278 valence electrons. The highest BCUT2D eigenvalue weighted by molar-refractivity contribution is 8.00. The molecule has 1 aliphatic heterocycles. The minimum absolute atomic E-state index is 0.0440. The van der Waals surface area contributed by atoms with Gasteiger partial charge in [0.1, 0.15) is 17.3 Å². The summed E-state index contributed by atoms with van der Waals surface area (Å²) < 4.78 is 7.90. The molecule has 2 unspecified atom stereocenters. The first-order valence-electron chi connectivity index (χ1n) is 17.1. The Hall–Kier alpha value is -4.61. The Balaban J connectivity index is 1.27. The van der Waals surface area contributed by atoms with Crippen LogP contribution in [0.1, 0.15) is 50.2 Å². The van der Waals surface area contributed by atoms with Crippen LogP contribution in [0.15, 0.2) is 30.5 Å². The van der Waals surface area contributed by atoms with Gasteiger partial charge in [0.2, 0.25) is 17.8 Å². The van der Waals surface area contributed by atoms with Crippen molar-refractivity contribution in [2.24, 2.45) is 5.73 Å². The van der Waals surface area contributed by atoms with Crippen LogP contribution in [0.4, 0.5) is 11.8 Å². The summed E-state index contributed by atoms with van der Waals surface area (Å²) in [5.74, 6) is -1.50. The van der Waals surface area contributed by atoms with Crippen LogP contribution in [-0.4, -0.2) is 122 Å². The highest BCUT2D eigenvalue weighted by atomic mass is 32.2. The number of aliphatic carboxylic acids is 2. The minimum atomic E-state index is -1.24. The Morgan fingerprint density at radius 1 is 1.04 bits per heavy atom. The number of aromatic nitrogens is 3. The number of amides is 2. The summed E-state index contributed by atoms with van der Waals surface area (Å²) in [5.41, 5.74) is 15.2. The molecular weight excluding hydrogens is 678 g/mol. The maximum Gasteiger partial charge on any atom is 0.321 e. The standard InChI is InChI=1S/C34H49N9O7S/c1-3-4-5-10-37-31-30-25(39-34(36)40-31)9-12-43(30)20-23-7-6-22(17-26(23)50-2)19-41-13-15-42(16-14-41)28(44)8-11-38-32(47)27(18-29(45)46)51-21-24(35)33(48)49/h6-7,9,12,17,24,27H,3-5,8,10-11,13-16,18-21,35H2,1-2H3,(H,38,47)(H,45,46)(H,48,49)(H3,36,37,39,40). The predicted octanol–water partition coefficient (Wildman–Crippen LogP) is 1.81. The average molecular weight is 728 g/mol. The molecule has 3 heterocycles. The first-order valence-corrected chi connectivity index (χ1v) is 18.2. The van der Waals surface area contributed by atoms with Crippen LogP contribution in [0.25, 0.3) is 11.0 Å². The van der Waals surface area contributed by atoms with Gasteiger partial charge in [0, 0.05) is 69.7 Å². The van der Waals surface area contributed by atoms with Gasteiger partial charge in [-0.2, -0.15) is 4.98 Å². The molecule has 2 atom stereocenters. The molecule has 51 heavy (non-hydrogen) atoms. The third kappa shape index (κ3) is 11.5. The number of benzene rings is 1. The van der Waals surface area contributed by atoms with Crippen LogP contribution in [-0.2, 0) is 32.3 Å². The Bertz CT molecular complexity index is 1660. The molecule has 2 amide bonds. The molecule has 17 heteroatoms. The molecular formula is C34H49N9O7S. The lowest BCUT2D eigenvalue weighted by Gasteiger charge is -2.35. The molecule has 0 bridgehead atoms. The third-order valence-electron chi connectivity index (χ3n) is 8.61. The number of anilines is 2. The van der Waals surface area contributed by atoms with Crippen LogP contribution in [0.3, 0.4) is 0 Å². The molecule has 8 N–H and O–H groups in total. The molecule has 0 radical (unpaired) electrons. The highest BCUT2D eigenvalue weighted by Gasteiger charge is 2.26. The maximum atomic E-state index is 12.9. The van der Waals surface area contributed by atoms with Crippen molar-refractivity contribution < 1.29 is 34.1 Å². The van der Waals surface area contributed by atoms with E-state index in [-0.39, 0.29) is 30.6 Å². The number of carbonyl (C=O) groups excluding carboxylic acids is 2. The average Bonchev–Trinajstić information content (AvgIpc) is 3.50. The minimum Gasteiger partial charge on any atom is -0.496 e. The number of unbranched alkanes of at least 4 members (excludes halogenated alkanes) is 2. The zero-order chi connectivity index (χ0) is 36.9. The fourth-order valence-corrected chi connectivity index (χ4v) is 6.90. The molecule has 1 aromatic carbocycles. The number of rotatable bonds is 20. The van der Waals surface area contributed by atoms with Crippen LogP contribution >= 0.6 is 11.8 Å². The van der Waals surface area contributed by atoms with E-state index in [0.29, 0.717) is 39.3 Å². The molecule has 3 aromatic rings. The maximum absolute atomic E-state index is 12.9. The molecule has 0 aliphatic carbocycles. The van der Waals surface area contributed by atoms with E-state index in [4.69, 9.17) is 26.4 Å². The fourth-order valence-electron chi connectivity index (χ4n) is 5.82. The Labute approximate surface area is 301 Å². The number of hydrogen-bond acceptors (Lipinski definition) is 12. The zero-order valence-corrected chi connectivity index (χ0v) is 30.0. The van der Waals surface area contributed by atoms with E-state index in [9.17, 15) is 19.2 Å². The van der Waals surface area contributed by atoms with Gasteiger partial charge < -0.3 is 46.5 Å². The molecule has 0 spiro atoms. The Morgan fingerprint density at radius 3 is 2.49 bits per heavy atom. The summed E-state index contributed by atoms with van der Waals surface area (Å²) in [7, 11) is 1.66. The summed E-state index contributed by atoms with van der Waals surface area (Å²) in [6.45, 7) is 6.68. The number of carboxylic acids is 2. The third-order valence-corrected chi connectivity index (χ3v) is 9.94. The number of nitrogens with one attached hydrogen (secondary N) is 2. The Kier molecular flexibility index (Phi) is 14.7. The number of thioether (sulfide) groups is 1. The van der Waals surface area contributed by atoms with E-state index >= 15 is 0 Å². The van der Waals surface area contributed by atoms with Gasteiger partial charge in [-0.1, -0.05) is 31.9 Å². The second-order valence-corrected chi connectivity index (χ2v) is 13.7. The highest BCUT2D eigenvalue weighted by Crippen LogP contribution is 2.28. The SMILES string of the molecule is CCCCCNc1nc(N)nc2ccn(Cc3ccc(CN4CCN(C(=O)CCNC(=O)C(CC(=O)O)SCC(N)C(=O)O)CC4)cc3OC)c12. The molecule has 16 nitrogen and oxygen atoms in total. The van der Waals surface area contributed by atoms with E-state index in [0.717, 1.165) is 71.3 Å². The van der Waals surface area contributed by atoms with Gasteiger partial charge >= 0.3 is 11.9 Å². The van der Waals surface area contributed by atoms with E-state index in [2.05, 4.69) is 49.1 Å². The lowest BCUT2D eigenvalue weighted by atomic mass is 10.1. The van der Waals surface area contributed by atoms with Gasteiger partial charge in [0.05, 0.1) is 30.8 Å². The monoisotopic (exact) mass is 727 g/mol. The number of fused-ring (bicyclic) bond motifs is 1. The molecule has 2 aromatic heterocycles. The van der Waals surface area contributed by atoms with Crippen LogP contribution in [0.5, 0.6) is 5.75 Å². The van der Waals surface area contributed by atoms with Crippen LogP contribution < -0.4 is 26.8 Å². The quantitative estimate of drug-likeness (QED) is 0.0912. The van der Waals surface area contributed by atoms with Crippen LogP contribution in [0.2, 0.25) is 0 Å². The molecule has 4 rings (SSSR count). The molecule has 1 saturated heterocycles. The number of nitrogens with two attached hydrogens (primary N) is 2. The van der Waals surface area contributed by atoms with Gasteiger partial charge in [0.15, 0.2) is 5.82 Å². The van der Waals surface area contributed by atoms with E-state index in [1.165, 1.54) is 0 Å². The second kappa shape index (κ2) is 19.1. The van der Waals surface area contributed by atoms with Crippen molar-refractivity contribution in [2.45, 2.75) is 63.4 Å². The summed E-state index contributed by atoms with van der Waals surface area (Å²) in [6.07, 6.45) is 4.86. The largest absolute Gasteiger partial charge is 0.496 e. The first-order chi connectivity index (χ1) is 24.5. The molecule has 1 fully saturated rings. The van der Waals surface area contributed by atoms with Gasteiger partial charge in [0.25, 0.3) is 0 Å². The fraction of sp³-hybridized carbons (Fsp3) is 0.529. The van der Waals surface area contributed by atoms with Crippen molar-refractivity contribution in [3.8, 4) is 5.75 Å². The summed E-state index contributed by atoms with van der Waals surface area (Å²) in [4.78, 5) is 60.6. The first kappa shape index (κ1) is 39.2. The molecule has 1 aliphatic rings. The van der Waals surface area contributed by atoms with Gasteiger partial charge in [-0.3, -0.25) is 24.1 Å². The van der Waals surface area contributed by atoms with Gasteiger partial charge in [-0.15, -0.1) is 11.8 Å². The van der Waals surface area contributed by atoms with Gasteiger partial charge in [-0.25, -0.2) is 4.98 Å². The summed E-state index contributed by atoms with van der Waals surface area (Å²) in [6, 6.07) is 6.93. The van der Waals surface area contributed by atoms with E-state index in [1.807, 2.05) is 18.3 Å². The smallest absolute Gasteiger partial charge is 0.321 e. The van der Waals surface area contributed by atoms with Crippen molar-refractivity contribution in [3.05, 3.63) is 41.6 Å². The number of nitrogen functional groups attached to an aromatic ring is 1. The van der Waals surface area contributed by atoms with Crippen molar-refractivity contribution >= 4 is 58.3 Å². The summed E-state index contributed by atoms with van der Waals surface area (Å²) in [5, 5.41) is 23.1. The number of hydrogen-bond donors (Lipinski definition) is 6.